The van der Waals surface area contributed by atoms with Crippen LogP contribution in [0.1, 0.15) is 52.4 Å². The monoisotopic (exact) mass is 244 g/mol. The number of hydrogen-bond donors (Lipinski definition) is 1. The molecule has 2 unspecified atom stereocenters. The van der Waals surface area contributed by atoms with E-state index in [1.54, 1.807) is 0 Å². The summed E-state index contributed by atoms with van der Waals surface area (Å²) < 4.78 is 11.4. The van der Waals surface area contributed by atoms with Crippen molar-refractivity contribution in [3.05, 3.63) is 0 Å². The van der Waals surface area contributed by atoms with Crippen LogP contribution in [0.2, 0.25) is 0 Å². The highest BCUT2D eigenvalue weighted by atomic mass is 16.5. The van der Waals surface area contributed by atoms with Crippen molar-refractivity contribution < 1.29 is 19.4 Å². The minimum Gasteiger partial charge on any atom is -0.481 e. The molecule has 0 aromatic heterocycles. The van der Waals surface area contributed by atoms with Crippen LogP contribution >= 0.6 is 0 Å². The summed E-state index contributed by atoms with van der Waals surface area (Å²) >= 11 is 0. The molecule has 0 radical (unpaired) electrons. The van der Waals surface area contributed by atoms with Crippen molar-refractivity contribution in [2.45, 2.75) is 70.7 Å². The van der Waals surface area contributed by atoms with E-state index in [1.807, 2.05) is 0 Å². The second-order valence-electron chi connectivity index (χ2n) is 4.93. The fourth-order valence-corrected chi connectivity index (χ4v) is 2.29. The number of ether oxygens (including phenoxy) is 2. The van der Waals surface area contributed by atoms with Crippen LogP contribution in [-0.4, -0.2) is 36.0 Å². The molecular weight excluding hydrogens is 220 g/mol. The van der Waals surface area contributed by atoms with Crippen molar-refractivity contribution in [2.75, 3.05) is 6.61 Å². The van der Waals surface area contributed by atoms with Crippen LogP contribution in [0, 0.1) is 0 Å². The van der Waals surface area contributed by atoms with Gasteiger partial charge in [-0.1, -0.05) is 6.42 Å². The van der Waals surface area contributed by atoms with Crippen LogP contribution in [0.3, 0.4) is 0 Å². The van der Waals surface area contributed by atoms with Crippen molar-refractivity contribution in [3.8, 4) is 0 Å². The molecule has 1 saturated heterocycles. The van der Waals surface area contributed by atoms with E-state index < -0.39 is 5.97 Å². The first-order valence-electron chi connectivity index (χ1n) is 6.56. The van der Waals surface area contributed by atoms with Crippen LogP contribution in [0.25, 0.3) is 0 Å². The number of rotatable bonds is 7. The van der Waals surface area contributed by atoms with Gasteiger partial charge in [0.15, 0.2) is 0 Å². The summed E-state index contributed by atoms with van der Waals surface area (Å²) in [5.41, 5.74) is 0. The number of carbonyl (C=O) groups is 1. The lowest BCUT2D eigenvalue weighted by Crippen LogP contribution is -2.34. The van der Waals surface area contributed by atoms with Crippen LogP contribution in [0.15, 0.2) is 0 Å². The molecule has 1 aliphatic heterocycles. The normalized spacial score (nSPS) is 29.2. The fourth-order valence-electron chi connectivity index (χ4n) is 2.29. The van der Waals surface area contributed by atoms with Crippen molar-refractivity contribution in [2.24, 2.45) is 0 Å². The van der Waals surface area contributed by atoms with E-state index in [2.05, 4.69) is 13.8 Å². The maximum absolute atomic E-state index is 10.3. The standard InChI is InChI=1S/C13H24O4/c1-10-8-12(9-11(2)17-10)16-7-5-3-4-6-13(14)15/h10-12H,3-9H2,1-2H3,(H,14,15). The largest absolute Gasteiger partial charge is 0.481 e. The predicted molar refractivity (Wildman–Crippen MR) is 65.1 cm³/mol. The molecule has 0 aliphatic carbocycles. The summed E-state index contributed by atoms with van der Waals surface area (Å²) in [7, 11) is 0. The van der Waals surface area contributed by atoms with Gasteiger partial charge in [0, 0.05) is 13.0 Å². The summed E-state index contributed by atoms with van der Waals surface area (Å²) in [6.07, 6.45) is 5.73. The highest BCUT2D eigenvalue weighted by Gasteiger charge is 2.24. The third-order valence-electron chi connectivity index (χ3n) is 3.04. The average Bonchev–Trinajstić information content (AvgIpc) is 2.21. The van der Waals surface area contributed by atoms with Crippen LogP contribution in [0.5, 0.6) is 0 Å². The number of aliphatic carboxylic acids is 1. The minimum atomic E-state index is -0.710. The summed E-state index contributed by atoms with van der Waals surface area (Å²) in [6.45, 7) is 4.90. The van der Waals surface area contributed by atoms with E-state index in [0.29, 0.717) is 6.10 Å². The molecule has 100 valence electrons. The van der Waals surface area contributed by atoms with Crippen molar-refractivity contribution in [1.82, 2.24) is 0 Å². The third kappa shape index (κ3) is 6.64. The Kier molecular flexibility index (Phi) is 6.52. The van der Waals surface area contributed by atoms with E-state index >= 15 is 0 Å². The second-order valence-corrected chi connectivity index (χ2v) is 4.93. The lowest BCUT2D eigenvalue weighted by atomic mass is 10.0. The van der Waals surface area contributed by atoms with Gasteiger partial charge in [-0.2, -0.15) is 0 Å². The minimum absolute atomic E-state index is 0.269. The molecule has 1 fully saturated rings. The quantitative estimate of drug-likeness (QED) is 0.699. The van der Waals surface area contributed by atoms with Gasteiger partial charge in [-0.05, 0) is 39.5 Å². The Morgan fingerprint density at radius 1 is 1.24 bits per heavy atom. The van der Waals surface area contributed by atoms with Crippen LogP contribution < -0.4 is 0 Å². The molecule has 0 spiro atoms. The molecule has 4 heteroatoms. The van der Waals surface area contributed by atoms with Gasteiger partial charge in [0.25, 0.3) is 0 Å². The molecular formula is C13H24O4. The van der Waals surface area contributed by atoms with Crippen molar-refractivity contribution >= 4 is 5.97 Å². The number of carboxylic acid groups (broad SMARTS) is 1. The van der Waals surface area contributed by atoms with Gasteiger partial charge >= 0.3 is 5.97 Å². The Bertz CT molecular complexity index is 219. The zero-order valence-corrected chi connectivity index (χ0v) is 10.9. The highest BCUT2D eigenvalue weighted by molar-refractivity contribution is 5.66. The molecule has 2 atom stereocenters. The van der Waals surface area contributed by atoms with Gasteiger partial charge in [0.1, 0.15) is 0 Å². The number of unbranched alkanes of at least 4 members (excludes halogenated alkanes) is 2. The van der Waals surface area contributed by atoms with Gasteiger partial charge in [-0.3, -0.25) is 4.79 Å². The van der Waals surface area contributed by atoms with Gasteiger partial charge in [-0.15, -0.1) is 0 Å². The van der Waals surface area contributed by atoms with Gasteiger partial charge in [0.2, 0.25) is 0 Å². The Morgan fingerprint density at radius 2 is 1.88 bits per heavy atom. The Morgan fingerprint density at radius 3 is 2.47 bits per heavy atom. The first-order chi connectivity index (χ1) is 8.08. The first-order valence-corrected chi connectivity index (χ1v) is 6.56. The van der Waals surface area contributed by atoms with E-state index in [4.69, 9.17) is 14.6 Å². The molecule has 0 bridgehead atoms. The van der Waals surface area contributed by atoms with Gasteiger partial charge < -0.3 is 14.6 Å². The van der Waals surface area contributed by atoms with Gasteiger partial charge in [-0.25, -0.2) is 0 Å². The topological polar surface area (TPSA) is 55.8 Å². The molecule has 0 saturated carbocycles. The Labute approximate surface area is 103 Å². The maximum atomic E-state index is 10.3. The molecule has 4 nitrogen and oxygen atoms in total. The van der Waals surface area contributed by atoms with Gasteiger partial charge in [0.05, 0.1) is 18.3 Å². The molecule has 1 N–H and O–H groups in total. The smallest absolute Gasteiger partial charge is 0.303 e. The van der Waals surface area contributed by atoms with Crippen molar-refractivity contribution in [1.29, 1.82) is 0 Å². The van der Waals surface area contributed by atoms with Crippen LogP contribution in [-0.2, 0) is 14.3 Å². The molecule has 0 amide bonds. The molecule has 1 aliphatic rings. The summed E-state index contributed by atoms with van der Waals surface area (Å²) in [5.74, 6) is -0.710. The lowest BCUT2D eigenvalue weighted by Gasteiger charge is -2.32. The SMILES string of the molecule is CC1CC(OCCCCCC(=O)O)CC(C)O1. The summed E-state index contributed by atoms with van der Waals surface area (Å²) in [6, 6.07) is 0. The molecule has 1 heterocycles. The summed E-state index contributed by atoms with van der Waals surface area (Å²) in [5, 5.41) is 8.49. The van der Waals surface area contributed by atoms with E-state index in [1.165, 1.54) is 0 Å². The zero-order valence-electron chi connectivity index (χ0n) is 10.9. The average molecular weight is 244 g/mol. The number of carboxylic acids is 1. The van der Waals surface area contributed by atoms with E-state index in [-0.39, 0.29) is 18.6 Å². The predicted octanol–water partition coefficient (Wildman–Crippen LogP) is 2.60. The first kappa shape index (κ1) is 14.5. The second kappa shape index (κ2) is 7.67. The van der Waals surface area contributed by atoms with E-state index in [0.717, 1.165) is 38.7 Å². The molecule has 17 heavy (non-hydrogen) atoms. The highest BCUT2D eigenvalue weighted by Crippen LogP contribution is 2.21. The maximum Gasteiger partial charge on any atom is 0.303 e. The van der Waals surface area contributed by atoms with E-state index in [9.17, 15) is 4.79 Å². The van der Waals surface area contributed by atoms with Crippen LogP contribution in [0.4, 0.5) is 0 Å². The van der Waals surface area contributed by atoms with Crippen molar-refractivity contribution in [3.63, 3.8) is 0 Å². The fraction of sp³-hybridized carbons (Fsp3) is 0.923. The third-order valence-corrected chi connectivity index (χ3v) is 3.04. The lowest BCUT2D eigenvalue weighted by molar-refractivity contribution is -0.137. The molecule has 0 aromatic rings. The molecule has 0 aromatic carbocycles. The zero-order chi connectivity index (χ0) is 12.7. The Hall–Kier alpha value is -0.610. The molecule has 1 rings (SSSR count). The Balaban J connectivity index is 2.00. The number of hydrogen-bond acceptors (Lipinski definition) is 3. The summed E-state index contributed by atoms with van der Waals surface area (Å²) in [4.78, 5) is 10.3.